The van der Waals surface area contributed by atoms with Gasteiger partial charge in [0.15, 0.2) is 4.34 Å². The molecule has 0 aliphatic heterocycles. The zero-order valence-corrected chi connectivity index (χ0v) is 13.0. The summed E-state index contributed by atoms with van der Waals surface area (Å²) in [5.74, 6) is 0.845. The molecule has 1 amide bonds. The van der Waals surface area contributed by atoms with Crippen molar-refractivity contribution in [1.82, 2.24) is 9.97 Å². The summed E-state index contributed by atoms with van der Waals surface area (Å²) < 4.78 is 2.05. The number of aryl methyl sites for hydroxylation is 1. The largest absolute Gasteiger partial charge is 0.310 e. The number of benzene rings is 1. The first-order chi connectivity index (χ1) is 10.2. The number of pyridine rings is 1. The number of rotatable bonds is 4. The van der Waals surface area contributed by atoms with E-state index in [1.807, 2.05) is 43.3 Å². The lowest BCUT2D eigenvalue weighted by atomic mass is 10.3. The summed E-state index contributed by atoms with van der Waals surface area (Å²) in [6.07, 6.45) is 1.69. The lowest BCUT2D eigenvalue weighted by Crippen LogP contribution is -2.14. The molecule has 0 radical (unpaired) electrons. The van der Waals surface area contributed by atoms with E-state index in [0.717, 1.165) is 20.1 Å². The van der Waals surface area contributed by atoms with Crippen molar-refractivity contribution in [2.24, 2.45) is 0 Å². The lowest BCUT2D eigenvalue weighted by molar-refractivity contribution is -0.113. The van der Waals surface area contributed by atoms with E-state index in [2.05, 4.69) is 15.3 Å². The van der Waals surface area contributed by atoms with Gasteiger partial charge in [-0.2, -0.15) is 0 Å². The Morgan fingerprint density at radius 1 is 1.33 bits per heavy atom. The van der Waals surface area contributed by atoms with E-state index in [1.54, 1.807) is 17.5 Å². The molecule has 2 heterocycles. The Balaban J connectivity index is 1.60. The van der Waals surface area contributed by atoms with E-state index < -0.39 is 0 Å². The number of aromatic nitrogens is 2. The van der Waals surface area contributed by atoms with Crippen molar-refractivity contribution in [3.05, 3.63) is 48.2 Å². The van der Waals surface area contributed by atoms with Gasteiger partial charge in [-0.3, -0.25) is 4.79 Å². The van der Waals surface area contributed by atoms with Crippen molar-refractivity contribution in [3.63, 3.8) is 0 Å². The van der Waals surface area contributed by atoms with Crippen LogP contribution in [-0.2, 0) is 4.79 Å². The molecule has 21 heavy (non-hydrogen) atoms. The number of hydrogen-bond donors (Lipinski definition) is 1. The lowest BCUT2D eigenvalue weighted by Gasteiger charge is -2.03. The van der Waals surface area contributed by atoms with Crippen LogP contribution in [0.15, 0.2) is 46.9 Å². The fourth-order valence-electron chi connectivity index (χ4n) is 1.82. The Bertz CT molecular complexity index is 752. The Hall–Kier alpha value is -1.92. The Morgan fingerprint density at radius 2 is 2.19 bits per heavy atom. The molecule has 106 valence electrons. The summed E-state index contributed by atoms with van der Waals surface area (Å²) in [6, 6.07) is 11.7. The predicted molar refractivity (Wildman–Crippen MR) is 87.9 cm³/mol. The molecule has 0 aliphatic rings. The van der Waals surface area contributed by atoms with Crippen molar-refractivity contribution in [1.29, 1.82) is 0 Å². The third-order valence-electron chi connectivity index (χ3n) is 2.78. The van der Waals surface area contributed by atoms with Gasteiger partial charge in [-0.05, 0) is 36.8 Å². The van der Waals surface area contributed by atoms with Crippen molar-refractivity contribution < 1.29 is 4.79 Å². The van der Waals surface area contributed by atoms with Gasteiger partial charge in [0.1, 0.15) is 5.82 Å². The van der Waals surface area contributed by atoms with Crippen LogP contribution >= 0.6 is 23.1 Å². The van der Waals surface area contributed by atoms with Gasteiger partial charge in [-0.1, -0.05) is 23.9 Å². The van der Waals surface area contributed by atoms with Crippen LogP contribution in [0.5, 0.6) is 0 Å². The average Bonchev–Trinajstić information content (AvgIpc) is 2.88. The van der Waals surface area contributed by atoms with Crippen LogP contribution in [0, 0.1) is 6.92 Å². The van der Waals surface area contributed by atoms with Crippen molar-refractivity contribution in [2.45, 2.75) is 11.3 Å². The molecular weight excluding hydrogens is 302 g/mol. The smallest absolute Gasteiger partial charge is 0.235 e. The van der Waals surface area contributed by atoms with Crippen LogP contribution in [0.4, 0.5) is 5.82 Å². The number of fused-ring (bicyclic) bond motifs is 1. The summed E-state index contributed by atoms with van der Waals surface area (Å²) in [7, 11) is 0. The topological polar surface area (TPSA) is 54.9 Å². The monoisotopic (exact) mass is 315 g/mol. The summed E-state index contributed by atoms with van der Waals surface area (Å²) in [4.78, 5) is 20.5. The summed E-state index contributed by atoms with van der Waals surface area (Å²) in [5.41, 5.74) is 2.05. The second kappa shape index (κ2) is 6.24. The number of thioether (sulfide) groups is 1. The van der Waals surface area contributed by atoms with Crippen LogP contribution in [0.1, 0.15) is 5.56 Å². The van der Waals surface area contributed by atoms with Gasteiger partial charge in [0.2, 0.25) is 5.91 Å². The maximum atomic E-state index is 11.9. The molecule has 0 aliphatic carbocycles. The molecule has 1 aromatic carbocycles. The van der Waals surface area contributed by atoms with Gasteiger partial charge < -0.3 is 5.32 Å². The summed E-state index contributed by atoms with van der Waals surface area (Å²) in [6.45, 7) is 1.97. The molecule has 0 spiro atoms. The average molecular weight is 315 g/mol. The number of nitrogens with zero attached hydrogens (tertiary/aromatic N) is 2. The minimum absolute atomic E-state index is 0.0719. The first-order valence-electron chi connectivity index (χ1n) is 6.41. The Morgan fingerprint density at radius 3 is 3.00 bits per heavy atom. The van der Waals surface area contributed by atoms with E-state index in [9.17, 15) is 4.79 Å². The van der Waals surface area contributed by atoms with Crippen LogP contribution in [0.2, 0.25) is 0 Å². The maximum absolute atomic E-state index is 11.9. The second-order valence-corrected chi connectivity index (χ2v) is 6.76. The minimum Gasteiger partial charge on any atom is -0.310 e. The predicted octanol–water partition coefficient (Wildman–Crippen LogP) is 3.73. The fourth-order valence-corrected chi connectivity index (χ4v) is 3.69. The van der Waals surface area contributed by atoms with Crippen molar-refractivity contribution in [3.8, 4) is 0 Å². The number of anilines is 1. The number of carbonyl (C=O) groups is 1. The van der Waals surface area contributed by atoms with Crippen LogP contribution in [0.25, 0.3) is 10.2 Å². The molecule has 3 rings (SSSR count). The SMILES string of the molecule is Cc1ccnc(NC(=O)CSc2nc3ccccc3s2)c1. The van der Waals surface area contributed by atoms with Gasteiger partial charge in [-0.15, -0.1) is 11.3 Å². The highest BCUT2D eigenvalue weighted by atomic mass is 32.2. The molecule has 2 aromatic heterocycles. The minimum atomic E-state index is -0.0719. The van der Waals surface area contributed by atoms with Crippen LogP contribution in [0.3, 0.4) is 0 Å². The Labute approximate surface area is 130 Å². The summed E-state index contributed by atoms with van der Waals surface area (Å²) >= 11 is 3.05. The third kappa shape index (κ3) is 3.59. The van der Waals surface area contributed by atoms with Gasteiger partial charge in [-0.25, -0.2) is 9.97 Å². The summed E-state index contributed by atoms with van der Waals surface area (Å²) in [5, 5.41) is 2.79. The van der Waals surface area contributed by atoms with E-state index in [4.69, 9.17) is 0 Å². The molecule has 3 aromatic rings. The molecule has 0 unspecified atom stereocenters. The van der Waals surface area contributed by atoms with Crippen LogP contribution < -0.4 is 5.32 Å². The van der Waals surface area contributed by atoms with Crippen molar-refractivity contribution in [2.75, 3.05) is 11.1 Å². The number of hydrogen-bond acceptors (Lipinski definition) is 5. The first kappa shape index (κ1) is 14.0. The van der Waals surface area contributed by atoms with Gasteiger partial charge in [0, 0.05) is 6.20 Å². The third-order valence-corrected chi connectivity index (χ3v) is 4.96. The zero-order valence-electron chi connectivity index (χ0n) is 11.4. The van der Waals surface area contributed by atoms with Gasteiger partial charge in [0.05, 0.1) is 16.0 Å². The van der Waals surface area contributed by atoms with E-state index >= 15 is 0 Å². The standard InChI is InChI=1S/C15H13N3OS2/c1-10-6-7-16-13(8-10)18-14(19)9-20-15-17-11-4-2-3-5-12(11)21-15/h2-8H,9H2,1H3,(H,16,18,19). The highest BCUT2D eigenvalue weighted by molar-refractivity contribution is 8.01. The molecule has 1 N–H and O–H groups in total. The molecule has 0 atom stereocenters. The zero-order chi connectivity index (χ0) is 14.7. The normalized spacial score (nSPS) is 10.7. The van der Waals surface area contributed by atoms with Crippen LogP contribution in [-0.4, -0.2) is 21.6 Å². The molecule has 6 heteroatoms. The number of para-hydroxylation sites is 1. The molecule has 0 saturated heterocycles. The molecule has 4 nitrogen and oxygen atoms in total. The molecule has 0 saturated carbocycles. The number of carbonyl (C=O) groups excluding carboxylic acids is 1. The number of nitrogens with one attached hydrogen (secondary N) is 1. The fraction of sp³-hybridized carbons (Fsp3) is 0.133. The van der Waals surface area contributed by atoms with Gasteiger partial charge >= 0.3 is 0 Å². The number of amides is 1. The van der Waals surface area contributed by atoms with E-state index in [-0.39, 0.29) is 5.91 Å². The van der Waals surface area contributed by atoms with Gasteiger partial charge in [0.25, 0.3) is 0 Å². The maximum Gasteiger partial charge on any atom is 0.235 e. The number of thiazole rings is 1. The first-order valence-corrected chi connectivity index (χ1v) is 8.22. The molecule has 0 fully saturated rings. The highest BCUT2D eigenvalue weighted by Crippen LogP contribution is 2.29. The van der Waals surface area contributed by atoms with Crippen molar-refractivity contribution >= 4 is 45.0 Å². The quantitative estimate of drug-likeness (QED) is 0.745. The molecule has 0 bridgehead atoms. The van der Waals surface area contributed by atoms with E-state index in [0.29, 0.717) is 11.6 Å². The highest BCUT2D eigenvalue weighted by Gasteiger charge is 2.08. The second-order valence-electron chi connectivity index (χ2n) is 4.50. The molecular formula is C15H13N3OS2. The van der Waals surface area contributed by atoms with E-state index in [1.165, 1.54) is 11.8 Å². The Kier molecular flexibility index (Phi) is 4.17.